The molecule has 2 unspecified atom stereocenters. The first-order valence-corrected chi connectivity index (χ1v) is 11.0. The lowest BCUT2D eigenvalue weighted by Gasteiger charge is -2.45. The van der Waals surface area contributed by atoms with Crippen LogP contribution >= 0.6 is 12.4 Å². The molecule has 2 saturated carbocycles. The number of furan rings is 1. The Morgan fingerprint density at radius 3 is 2.38 bits per heavy atom. The molecule has 4 rings (SSSR count). The third-order valence-corrected chi connectivity index (χ3v) is 7.06. The number of hydrogen-bond donors (Lipinski definition) is 2. The first kappa shape index (κ1) is 22.2. The van der Waals surface area contributed by atoms with Gasteiger partial charge in [0.2, 0.25) is 5.91 Å². The lowest BCUT2D eigenvalue weighted by Crippen LogP contribution is -2.55. The summed E-state index contributed by atoms with van der Waals surface area (Å²) in [6.45, 7) is 3.23. The standard InChI is InChI=1S/C22H33N3O3.ClH/c1-2-18-6-7-19(28-18)22(27)25-10-8-14(9-11-25)21(26)24-20-15-4-3-5-16(20)13-17(23)12-15;/h6-7,14-17,20H,2-5,8-13,23H2,1H3,(H,24,26);1H. The molecule has 6 nitrogen and oxygen atoms in total. The van der Waals surface area contributed by atoms with E-state index in [2.05, 4.69) is 5.32 Å². The third kappa shape index (κ3) is 4.80. The van der Waals surface area contributed by atoms with Gasteiger partial charge in [-0.2, -0.15) is 0 Å². The molecule has 0 radical (unpaired) electrons. The molecular weight excluding hydrogens is 390 g/mol. The van der Waals surface area contributed by atoms with E-state index in [4.69, 9.17) is 10.2 Å². The number of nitrogens with one attached hydrogen (secondary N) is 1. The summed E-state index contributed by atoms with van der Waals surface area (Å²) in [6, 6.07) is 4.22. The zero-order valence-corrected chi connectivity index (χ0v) is 18.1. The van der Waals surface area contributed by atoms with Gasteiger partial charge in [0.05, 0.1) is 0 Å². The Bertz CT molecular complexity index is 700. The predicted molar refractivity (Wildman–Crippen MR) is 114 cm³/mol. The summed E-state index contributed by atoms with van der Waals surface area (Å²) in [5.74, 6) is 2.44. The zero-order chi connectivity index (χ0) is 19.7. The largest absolute Gasteiger partial charge is 0.456 e. The molecule has 1 aromatic heterocycles. The lowest BCUT2D eigenvalue weighted by atomic mass is 9.67. The fraction of sp³-hybridized carbons (Fsp3) is 0.727. The molecule has 3 N–H and O–H groups in total. The normalized spacial score (nSPS) is 29.8. The smallest absolute Gasteiger partial charge is 0.289 e. The molecule has 2 aliphatic carbocycles. The van der Waals surface area contributed by atoms with Crippen molar-refractivity contribution in [2.75, 3.05) is 13.1 Å². The molecule has 1 aliphatic heterocycles. The molecule has 0 spiro atoms. The van der Waals surface area contributed by atoms with Gasteiger partial charge in [0.15, 0.2) is 5.76 Å². The quantitative estimate of drug-likeness (QED) is 0.778. The van der Waals surface area contributed by atoms with Crippen molar-refractivity contribution in [1.29, 1.82) is 0 Å². The van der Waals surface area contributed by atoms with E-state index in [1.807, 2.05) is 17.9 Å². The van der Waals surface area contributed by atoms with Crippen molar-refractivity contribution < 1.29 is 14.0 Å². The second-order valence-corrected chi connectivity index (χ2v) is 8.90. The summed E-state index contributed by atoms with van der Waals surface area (Å²) in [5.41, 5.74) is 6.20. The van der Waals surface area contributed by atoms with E-state index in [-0.39, 0.29) is 30.1 Å². The van der Waals surface area contributed by atoms with Gasteiger partial charge in [-0.3, -0.25) is 9.59 Å². The molecule has 3 aliphatic rings. The number of nitrogens with two attached hydrogens (primary N) is 1. The highest BCUT2D eigenvalue weighted by Crippen LogP contribution is 2.40. The van der Waals surface area contributed by atoms with Crippen LogP contribution in [0.2, 0.25) is 0 Å². The molecule has 7 heteroatoms. The Labute approximate surface area is 179 Å². The Kier molecular flexibility index (Phi) is 7.28. The molecule has 1 aromatic rings. The van der Waals surface area contributed by atoms with Gasteiger partial charge < -0.3 is 20.4 Å². The monoisotopic (exact) mass is 423 g/mol. The topological polar surface area (TPSA) is 88.6 Å². The van der Waals surface area contributed by atoms with Gasteiger partial charge in [-0.1, -0.05) is 13.3 Å². The first-order valence-electron chi connectivity index (χ1n) is 11.0. The average molecular weight is 424 g/mol. The van der Waals surface area contributed by atoms with Crippen LogP contribution in [0, 0.1) is 17.8 Å². The highest BCUT2D eigenvalue weighted by Gasteiger charge is 2.41. The number of rotatable bonds is 4. The average Bonchev–Trinajstić information content (AvgIpc) is 3.17. The van der Waals surface area contributed by atoms with Crippen LogP contribution in [0.5, 0.6) is 0 Å². The lowest BCUT2D eigenvalue weighted by molar-refractivity contribution is -0.128. The van der Waals surface area contributed by atoms with Gasteiger partial charge in [0.25, 0.3) is 5.91 Å². The van der Waals surface area contributed by atoms with Crippen LogP contribution in [0.15, 0.2) is 16.5 Å². The van der Waals surface area contributed by atoms with Gasteiger partial charge in [-0.25, -0.2) is 0 Å². The summed E-state index contributed by atoms with van der Waals surface area (Å²) < 4.78 is 5.59. The molecule has 29 heavy (non-hydrogen) atoms. The molecule has 2 amide bonds. The van der Waals surface area contributed by atoms with Crippen LogP contribution in [0.4, 0.5) is 0 Å². The second-order valence-electron chi connectivity index (χ2n) is 8.90. The van der Waals surface area contributed by atoms with Crippen LogP contribution in [0.1, 0.15) is 68.2 Å². The van der Waals surface area contributed by atoms with Crippen molar-refractivity contribution in [2.45, 2.75) is 70.4 Å². The number of fused-ring (bicyclic) bond motifs is 2. The van der Waals surface area contributed by atoms with Crippen LogP contribution in [0.3, 0.4) is 0 Å². The number of likely N-dealkylation sites (tertiary alicyclic amines) is 1. The number of hydrogen-bond acceptors (Lipinski definition) is 4. The summed E-state index contributed by atoms with van der Waals surface area (Å²) in [5, 5.41) is 3.38. The van der Waals surface area contributed by atoms with E-state index in [1.165, 1.54) is 19.3 Å². The van der Waals surface area contributed by atoms with Crippen LogP contribution in [-0.2, 0) is 11.2 Å². The minimum absolute atomic E-state index is 0. The molecule has 2 bridgehead atoms. The van der Waals surface area contributed by atoms with Crippen LogP contribution in [0.25, 0.3) is 0 Å². The summed E-state index contributed by atoms with van der Waals surface area (Å²) in [6.07, 6.45) is 7.94. The molecule has 2 heterocycles. The highest BCUT2D eigenvalue weighted by molar-refractivity contribution is 5.91. The molecule has 0 aromatic carbocycles. The molecule has 162 valence electrons. The van der Waals surface area contributed by atoms with E-state index < -0.39 is 0 Å². The summed E-state index contributed by atoms with van der Waals surface area (Å²) in [4.78, 5) is 27.3. The Hall–Kier alpha value is -1.53. The van der Waals surface area contributed by atoms with Gasteiger partial charge in [-0.15, -0.1) is 12.4 Å². The van der Waals surface area contributed by atoms with E-state index in [9.17, 15) is 9.59 Å². The highest BCUT2D eigenvalue weighted by atomic mass is 35.5. The number of piperidine rings is 1. The second kappa shape index (κ2) is 9.52. The molecule has 2 atom stereocenters. The fourth-order valence-electron chi connectivity index (χ4n) is 5.49. The van der Waals surface area contributed by atoms with Crippen molar-refractivity contribution >= 4 is 24.2 Å². The molecule has 3 fully saturated rings. The van der Waals surface area contributed by atoms with Crippen LogP contribution < -0.4 is 11.1 Å². The van der Waals surface area contributed by atoms with Crippen molar-refractivity contribution in [3.63, 3.8) is 0 Å². The van der Waals surface area contributed by atoms with Crippen molar-refractivity contribution in [3.05, 3.63) is 23.7 Å². The van der Waals surface area contributed by atoms with Gasteiger partial charge >= 0.3 is 0 Å². The van der Waals surface area contributed by atoms with E-state index in [0.717, 1.165) is 37.9 Å². The Morgan fingerprint density at radius 2 is 1.79 bits per heavy atom. The molecule has 1 saturated heterocycles. The SMILES string of the molecule is CCc1ccc(C(=O)N2CCC(C(=O)NC3C4CCCC3CC(N)C4)CC2)o1.Cl. The number of nitrogens with zero attached hydrogens (tertiary/aromatic N) is 1. The fourth-order valence-corrected chi connectivity index (χ4v) is 5.49. The Morgan fingerprint density at radius 1 is 1.14 bits per heavy atom. The van der Waals surface area contributed by atoms with Gasteiger partial charge in [-0.05, 0) is 62.5 Å². The van der Waals surface area contributed by atoms with E-state index in [0.29, 0.717) is 42.8 Å². The maximum atomic E-state index is 12.9. The van der Waals surface area contributed by atoms with Crippen LogP contribution in [-0.4, -0.2) is 41.9 Å². The number of halogens is 1. The maximum Gasteiger partial charge on any atom is 0.289 e. The maximum absolute atomic E-state index is 12.9. The van der Waals surface area contributed by atoms with Gasteiger partial charge in [0, 0.05) is 37.5 Å². The number of amides is 2. The van der Waals surface area contributed by atoms with Crippen molar-refractivity contribution in [1.82, 2.24) is 10.2 Å². The predicted octanol–water partition coefficient (Wildman–Crippen LogP) is 3.14. The Balaban J connectivity index is 0.00000240. The first-order chi connectivity index (χ1) is 13.5. The molecular formula is C22H34ClN3O3. The van der Waals surface area contributed by atoms with Crippen molar-refractivity contribution in [2.24, 2.45) is 23.5 Å². The van der Waals surface area contributed by atoms with E-state index >= 15 is 0 Å². The zero-order valence-electron chi connectivity index (χ0n) is 17.3. The number of carbonyl (C=O) groups excluding carboxylic acids is 2. The third-order valence-electron chi connectivity index (χ3n) is 7.06. The minimum Gasteiger partial charge on any atom is -0.456 e. The number of carbonyl (C=O) groups is 2. The van der Waals surface area contributed by atoms with Gasteiger partial charge in [0.1, 0.15) is 5.76 Å². The summed E-state index contributed by atoms with van der Waals surface area (Å²) >= 11 is 0. The minimum atomic E-state index is -0.0608. The van der Waals surface area contributed by atoms with E-state index in [1.54, 1.807) is 6.07 Å². The summed E-state index contributed by atoms with van der Waals surface area (Å²) in [7, 11) is 0. The van der Waals surface area contributed by atoms with Crippen molar-refractivity contribution in [3.8, 4) is 0 Å². The number of aryl methyl sites for hydroxylation is 1.